The highest BCUT2D eigenvalue weighted by Gasteiger charge is 2.29. The summed E-state index contributed by atoms with van der Waals surface area (Å²) in [6.07, 6.45) is 11.3. The third kappa shape index (κ3) is 2.93. The zero-order valence-corrected chi connectivity index (χ0v) is 15.2. The fraction of sp³-hybridized carbons (Fsp3) is 0.333. The summed E-state index contributed by atoms with van der Waals surface area (Å²) in [5.41, 5.74) is 4.90. The van der Waals surface area contributed by atoms with E-state index in [1.54, 1.807) is 0 Å². The average molecular weight is 345 g/mol. The zero-order chi connectivity index (χ0) is 18.1. The van der Waals surface area contributed by atoms with Gasteiger partial charge >= 0.3 is 0 Å². The highest BCUT2D eigenvalue weighted by molar-refractivity contribution is 5.85. The number of pyridine rings is 1. The maximum Gasteiger partial charge on any atom is 0.137 e. The van der Waals surface area contributed by atoms with Crippen molar-refractivity contribution >= 4 is 22.3 Å². The SMILES string of the molecule is CC(C)(C#N)N1CC=CC=C1c1cnc2[nH]c(C3=CCNCC3)cc2c1. The summed E-state index contributed by atoms with van der Waals surface area (Å²) < 4.78 is 0. The predicted octanol–water partition coefficient (Wildman–Crippen LogP) is 3.45. The van der Waals surface area contributed by atoms with E-state index in [2.05, 4.69) is 56.6 Å². The molecule has 0 saturated heterocycles. The van der Waals surface area contributed by atoms with Crippen LogP contribution in [0.5, 0.6) is 0 Å². The largest absolute Gasteiger partial charge is 0.349 e. The maximum absolute atomic E-state index is 9.56. The Morgan fingerprint density at radius 1 is 1.31 bits per heavy atom. The lowest BCUT2D eigenvalue weighted by molar-refractivity contribution is 0.284. The van der Waals surface area contributed by atoms with Gasteiger partial charge in [0.2, 0.25) is 0 Å². The van der Waals surface area contributed by atoms with Gasteiger partial charge in [0.25, 0.3) is 0 Å². The lowest BCUT2D eigenvalue weighted by atomic mass is 9.99. The fourth-order valence-corrected chi connectivity index (χ4v) is 3.55. The van der Waals surface area contributed by atoms with E-state index in [1.807, 2.05) is 26.1 Å². The molecule has 2 aromatic rings. The summed E-state index contributed by atoms with van der Waals surface area (Å²) in [5, 5.41) is 14.0. The minimum absolute atomic E-state index is 0.575. The lowest BCUT2D eigenvalue weighted by Crippen LogP contribution is -2.42. The second-order valence-corrected chi connectivity index (χ2v) is 7.29. The number of hydrogen-bond acceptors (Lipinski definition) is 4. The molecular weight excluding hydrogens is 322 g/mol. The van der Waals surface area contributed by atoms with Gasteiger partial charge in [-0.15, -0.1) is 0 Å². The first-order chi connectivity index (χ1) is 12.6. The standard InChI is InChI=1S/C21H23N5/c1-21(2,14-22)26-10-4-3-5-19(26)17-11-16-12-18(25-20(16)24-13-17)15-6-8-23-9-7-15/h3-6,11-13,23H,7-10H2,1-2H3,(H,24,25). The van der Waals surface area contributed by atoms with Crippen molar-refractivity contribution in [2.75, 3.05) is 19.6 Å². The quantitative estimate of drug-likeness (QED) is 0.894. The number of rotatable bonds is 3. The molecule has 0 amide bonds. The van der Waals surface area contributed by atoms with Crippen molar-refractivity contribution in [1.29, 1.82) is 5.26 Å². The van der Waals surface area contributed by atoms with Crippen LogP contribution in [0, 0.1) is 11.3 Å². The topological polar surface area (TPSA) is 67.7 Å². The average Bonchev–Trinajstić information content (AvgIpc) is 3.12. The Hall–Kier alpha value is -2.84. The Balaban J connectivity index is 1.73. The van der Waals surface area contributed by atoms with Gasteiger partial charge in [-0.05, 0) is 50.6 Å². The van der Waals surface area contributed by atoms with Crippen molar-refractivity contribution in [3.8, 4) is 6.07 Å². The van der Waals surface area contributed by atoms with Gasteiger partial charge in [0.1, 0.15) is 11.2 Å². The molecule has 5 heteroatoms. The summed E-state index contributed by atoms with van der Waals surface area (Å²) in [6.45, 7) is 6.55. The van der Waals surface area contributed by atoms with Crippen LogP contribution in [-0.2, 0) is 0 Å². The Morgan fingerprint density at radius 3 is 2.96 bits per heavy atom. The summed E-state index contributed by atoms with van der Waals surface area (Å²) in [6, 6.07) is 6.75. The Morgan fingerprint density at radius 2 is 2.19 bits per heavy atom. The van der Waals surface area contributed by atoms with E-state index < -0.39 is 5.54 Å². The molecule has 0 atom stereocenters. The molecule has 0 spiro atoms. The highest BCUT2D eigenvalue weighted by Crippen LogP contribution is 2.31. The molecule has 0 unspecified atom stereocenters. The molecular formula is C21H23N5. The van der Waals surface area contributed by atoms with Crippen molar-refractivity contribution in [3.63, 3.8) is 0 Å². The fourth-order valence-electron chi connectivity index (χ4n) is 3.55. The van der Waals surface area contributed by atoms with Gasteiger partial charge in [-0.3, -0.25) is 0 Å². The van der Waals surface area contributed by atoms with Crippen molar-refractivity contribution in [2.45, 2.75) is 25.8 Å². The van der Waals surface area contributed by atoms with E-state index in [-0.39, 0.29) is 0 Å². The van der Waals surface area contributed by atoms with Gasteiger partial charge in [0, 0.05) is 41.6 Å². The molecule has 132 valence electrons. The van der Waals surface area contributed by atoms with Crippen molar-refractivity contribution in [3.05, 3.63) is 53.9 Å². The molecule has 0 aliphatic carbocycles. The van der Waals surface area contributed by atoms with Gasteiger partial charge in [0.05, 0.1) is 6.07 Å². The number of nitrogens with one attached hydrogen (secondary N) is 2. The zero-order valence-electron chi connectivity index (χ0n) is 15.2. The smallest absolute Gasteiger partial charge is 0.137 e. The molecule has 0 saturated carbocycles. The van der Waals surface area contributed by atoms with Crippen LogP contribution >= 0.6 is 0 Å². The molecule has 26 heavy (non-hydrogen) atoms. The Kier molecular flexibility index (Phi) is 4.14. The number of aromatic nitrogens is 2. The van der Waals surface area contributed by atoms with Crippen LogP contribution in [0.15, 0.2) is 42.6 Å². The van der Waals surface area contributed by atoms with Crippen LogP contribution in [0.25, 0.3) is 22.3 Å². The van der Waals surface area contributed by atoms with E-state index in [0.717, 1.165) is 54.0 Å². The minimum atomic E-state index is -0.575. The predicted molar refractivity (Wildman–Crippen MR) is 105 cm³/mol. The number of hydrogen-bond donors (Lipinski definition) is 2. The van der Waals surface area contributed by atoms with Gasteiger partial charge < -0.3 is 15.2 Å². The van der Waals surface area contributed by atoms with E-state index in [4.69, 9.17) is 0 Å². The molecule has 2 aromatic heterocycles. The van der Waals surface area contributed by atoms with Crippen LogP contribution in [0.1, 0.15) is 31.5 Å². The first-order valence-corrected chi connectivity index (χ1v) is 9.03. The van der Waals surface area contributed by atoms with Gasteiger partial charge in [0.15, 0.2) is 0 Å². The number of fused-ring (bicyclic) bond motifs is 1. The second kappa shape index (κ2) is 6.47. The van der Waals surface area contributed by atoms with Crippen LogP contribution in [-0.4, -0.2) is 40.0 Å². The molecule has 2 aliphatic rings. The van der Waals surface area contributed by atoms with E-state index in [9.17, 15) is 5.26 Å². The van der Waals surface area contributed by atoms with Crippen LogP contribution < -0.4 is 5.32 Å². The summed E-state index contributed by atoms with van der Waals surface area (Å²) in [5.74, 6) is 0. The lowest BCUT2D eigenvalue weighted by Gasteiger charge is -2.37. The van der Waals surface area contributed by atoms with Gasteiger partial charge in [-0.1, -0.05) is 18.2 Å². The first kappa shape index (κ1) is 16.6. The number of H-pyrrole nitrogens is 1. The molecule has 2 aliphatic heterocycles. The first-order valence-electron chi connectivity index (χ1n) is 9.03. The summed E-state index contributed by atoms with van der Waals surface area (Å²) in [4.78, 5) is 10.2. The normalized spacial score (nSPS) is 17.8. The Labute approximate surface area is 153 Å². The summed E-state index contributed by atoms with van der Waals surface area (Å²) in [7, 11) is 0. The van der Waals surface area contributed by atoms with Gasteiger partial charge in [-0.2, -0.15) is 5.26 Å². The molecule has 4 heterocycles. The van der Waals surface area contributed by atoms with E-state index >= 15 is 0 Å². The van der Waals surface area contributed by atoms with Crippen LogP contribution in [0.3, 0.4) is 0 Å². The molecule has 5 nitrogen and oxygen atoms in total. The molecule has 2 N–H and O–H groups in total. The number of allylic oxidation sites excluding steroid dienone is 2. The third-order valence-corrected chi connectivity index (χ3v) is 5.09. The Bertz CT molecular complexity index is 968. The molecule has 0 aromatic carbocycles. The molecule has 0 bridgehead atoms. The second-order valence-electron chi connectivity index (χ2n) is 7.29. The number of nitrogens with zero attached hydrogens (tertiary/aromatic N) is 3. The molecule has 0 radical (unpaired) electrons. The molecule has 0 fully saturated rings. The molecule has 4 rings (SSSR count). The summed E-state index contributed by atoms with van der Waals surface area (Å²) >= 11 is 0. The van der Waals surface area contributed by atoms with E-state index in [1.165, 1.54) is 5.57 Å². The third-order valence-electron chi connectivity index (χ3n) is 5.09. The van der Waals surface area contributed by atoms with Gasteiger partial charge in [-0.25, -0.2) is 4.98 Å². The van der Waals surface area contributed by atoms with Crippen molar-refractivity contribution in [1.82, 2.24) is 20.2 Å². The van der Waals surface area contributed by atoms with Crippen molar-refractivity contribution in [2.24, 2.45) is 0 Å². The highest BCUT2D eigenvalue weighted by atomic mass is 15.2. The minimum Gasteiger partial charge on any atom is -0.349 e. The van der Waals surface area contributed by atoms with Crippen molar-refractivity contribution < 1.29 is 0 Å². The monoisotopic (exact) mass is 345 g/mol. The maximum atomic E-state index is 9.56. The van der Waals surface area contributed by atoms with Crippen LogP contribution in [0.2, 0.25) is 0 Å². The van der Waals surface area contributed by atoms with E-state index in [0.29, 0.717) is 0 Å². The number of aromatic amines is 1. The number of nitriles is 1. The van der Waals surface area contributed by atoms with Crippen LogP contribution in [0.4, 0.5) is 0 Å².